The number of carbonyl (C=O) groups is 1. The highest BCUT2D eigenvalue weighted by atomic mass is 16.1. The predicted octanol–water partition coefficient (Wildman–Crippen LogP) is 2.32. The van der Waals surface area contributed by atoms with Crippen LogP contribution < -0.4 is 0 Å². The molecular formula is C10H11NO. The summed E-state index contributed by atoms with van der Waals surface area (Å²) in [5.74, 6) is 0. The lowest BCUT2D eigenvalue weighted by molar-refractivity contribution is 0.112. The van der Waals surface area contributed by atoms with Crippen molar-refractivity contribution < 1.29 is 4.79 Å². The Labute approximate surface area is 71.9 Å². The summed E-state index contributed by atoms with van der Waals surface area (Å²) in [5.41, 5.74) is 2.61. The Balaban J connectivity index is 3.10. The van der Waals surface area contributed by atoms with Gasteiger partial charge in [-0.3, -0.25) is 9.78 Å². The Morgan fingerprint density at radius 2 is 2.33 bits per heavy atom. The summed E-state index contributed by atoms with van der Waals surface area (Å²) < 4.78 is 0. The fourth-order valence-corrected chi connectivity index (χ4v) is 0.884. The highest BCUT2D eigenvalue weighted by Gasteiger charge is 1.96. The summed E-state index contributed by atoms with van der Waals surface area (Å²) in [4.78, 5) is 14.6. The van der Waals surface area contributed by atoms with E-state index in [1.165, 1.54) is 0 Å². The number of hydrogen-bond donors (Lipinski definition) is 0. The van der Waals surface area contributed by atoms with Crippen LogP contribution in [-0.2, 0) is 0 Å². The van der Waals surface area contributed by atoms with Crippen molar-refractivity contribution in [3.8, 4) is 0 Å². The van der Waals surface area contributed by atoms with Crippen molar-refractivity contribution in [2.45, 2.75) is 13.8 Å². The topological polar surface area (TPSA) is 30.0 Å². The molecule has 0 aliphatic rings. The van der Waals surface area contributed by atoms with Crippen LogP contribution in [0.1, 0.15) is 29.9 Å². The van der Waals surface area contributed by atoms with E-state index in [4.69, 9.17) is 0 Å². The molecule has 0 amide bonds. The van der Waals surface area contributed by atoms with Crippen LogP contribution in [-0.4, -0.2) is 11.3 Å². The van der Waals surface area contributed by atoms with Crippen molar-refractivity contribution in [2.24, 2.45) is 0 Å². The van der Waals surface area contributed by atoms with E-state index in [0.717, 1.165) is 17.6 Å². The zero-order chi connectivity index (χ0) is 8.97. The fourth-order valence-electron chi connectivity index (χ4n) is 0.884. The van der Waals surface area contributed by atoms with Gasteiger partial charge in [0.15, 0.2) is 0 Å². The van der Waals surface area contributed by atoms with Gasteiger partial charge in [-0.2, -0.15) is 0 Å². The molecule has 12 heavy (non-hydrogen) atoms. The predicted molar refractivity (Wildman–Crippen MR) is 48.9 cm³/mol. The Morgan fingerprint density at radius 1 is 1.58 bits per heavy atom. The average molecular weight is 161 g/mol. The molecule has 0 aliphatic heterocycles. The number of allylic oxidation sites excluding steroid dienone is 2. The van der Waals surface area contributed by atoms with E-state index >= 15 is 0 Å². The van der Waals surface area contributed by atoms with Gasteiger partial charge in [0.2, 0.25) is 0 Å². The van der Waals surface area contributed by atoms with E-state index < -0.39 is 0 Å². The normalized spacial score (nSPS) is 11.3. The van der Waals surface area contributed by atoms with Gasteiger partial charge in [-0.15, -0.1) is 0 Å². The smallest absolute Gasteiger partial charge is 0.150 e. The molecule has 62 valence electrons. The van der Waals surface area contributed by atoms with Gasteiger partial charge >= 0.3 is 0 Å². The molecule has 0 N–H and O–H groups in total. The quantitative estimate of drug-likeness (QED) is 0.623. The minimum absolute atomic E-state index is 0.668. The standard InChI is InChI=1S/C10H11NO/c1-3-8(2)10-6-9(7-12)4-5-11-10/h3-7H,1-2H3. The molecule has 0 aromatic carbocycles. The van der Waals surface area contributed by atoms with E-state index in [0.29, 0.717) is 5.56 Å². The van der Waals surface area contributed by atoms with Crippen LogP contribution in [0.25, 0.3) is 5.57 Å². The van der Waals surface area contributed by atoms with Gasteiger partial charge in [-0.05, 0) is 31.6 Å². The van der Waals surface area contributed by atoms with Crippen LogP contribution in [0, 0.1) is 0 Å². The van der Waals surface area contributed by atoms with Gasteiger partial charge in [-0.1, -0.05) is 6.08 Å². The van der Waals surface area contributed by atoms with Gasteiger partial charge in [0.25, 0.3) is 0 Å². The van der Waals surface area contributed by atoms with Crippen molar-refractivity contribution in [2.75, 3.05) is 0 Å². The summed E-state index contributed by atoms with van der Waals surface area (Å²) in [6, 6.07) is 3.47. The second kappa shape index (κ2) is 3.81. The summed E-state index contributed by atoms with van der Waals surface area (Å²) in [6.07, 6.45) is 4.44. The maximum Gasteiger partial charge on any atom is 0.150 e. The Bertz CT molecular complexity index is 315. The molecule has 2 heteroatoms. The van der Waals surface area contributed by atoms with E-state index in [9.17, 15) is 4.79 Å². The van der Waals surface area contributed by atoms with E-state index in [1.807, 2.05) is 19.9 Å². The average Bonchev–Trinajstić information content (AvgIpc) is 2.17. The number of aromatic nitrogens is 1. The third kappa shape index (κ3) is 1.78. The Hall–Kier alpha value is -1.44. The molecule has 0 aliphatic carbocycles. The molecule has 0 spiro atoms. The zero-order valence-electron chi connectivity index (χ0n) is 7.24. The van der Waals surface area contributed by atoms with Crippen molar-refractivity contribution >= 4 is 11.9 Å². The minimum Gasteiger partial charge on any atom is -0.298 e. The molecule has 0 saturated carbocycles. The zero-order valence-corrected chi connectivity index (χ0v) is 7.24. The molecule has 0 fully saturated rings. The molecule has 1 heterocycles. The van der Waals surface area contributed by atoms with Crippen LogP contribution in [0.15, 0.2) is 24.4 Å². The fraction of sp³-hybridized carbons (Fsp3) is 0.200. The molecular weight excluding hydrogens is 150 g/mol. The molecule has 0 unspecified atom stereocenters. The lowest BCUT2D eigenvalue weighted by Gasteiger charge is -1.98. The van der Waals surface area contributed by atoms with Gasteiger partial charge in [0.05, 0.1) is 5.69 Å². The molecule has 0 atom stereocenters. The van der Waals surface area contributed by atoms with Crippen LogP contribution in [0.3, 0.4) is 0 Å². The molecule has 1 rings (SSSR count). The van der Waals surface area contributed by atoms with Gasteiger partial charge < -0.3 is 0 Å². The first-order valence-electron chi connectivity index (χ1n) is 3.82. The first-order valence-corrected chi connectivity index (χ1v) is 3.82. The van der Waals surface area contributed by atoms with Crippen molar-refractivity contribution in [3.05, 3.63) is 35.7 Å². The minimum atomic E-state index is 0.668. The third-order valence-electron chi connectivity index (χ3n) is 1.76. The van der Waals surface area contributed by atoms with E-state index in [-0.39, 0.29) is 0 Å². The van der Waals surface area contributed by atoms with Crippen LogP contribution in [0.2, 0.25) is 0 Å². The van der Waals surface area contributed by atoms with E-state index in [2.05, 4.69) is 4.98 Å². The largest absolute Gasteiger partial charge is 0.298 e. The molecule has 1 aromatic rings. The van der Waals surface area contributed by atoms with Crippen molar-refractivity contribution in [1.82, 2.24) is 4.98 Å². The highest BCUT2D eigenvalue weighted by molar-refractivity contribution is 5.76. The molecule has 2 nitrogen and oxygen atoms in total. The van der Waals surface area contributed by atoms with Crippen LogP contribution in [0.5, 0.6) is 0 Å². The number of rotatable bonds is 2. The number of aldehydes is 1. The summed E-state index contributed by atoms with van der Waals surface area (Å²) in [7, 11) is 0. The van der Waals surface area contributed by atoms with Crippen molar-refractivity contribution in [3.63, 3.8) is 0 Å². The number of nitrogens with zero attached hydrogens (tertiary/aromatic N) is 1. The molecule has 0 saturated heterocycles. The number of pyridine rings is 1. The molecule has 0 bridgehead atoms. The molecule has 1 aromatic heterocycles. The van der Waals surface area contributed by atoms with Gasteiger partial charge in [0, 0.05) is 11.8 Å². The van der Waals surface area contributed by atoms with E-state index in [1.54, 1.807) is 18.3 Å². The maximum absolute atomic E-state index is 10.4. The first-order chi connectivity index (χ1) is 5.77. The Morgan fingerprint density at radius 3 is 2.92 bits per heavy atom. The van der Waals surface area contributed by atoms with Gasteiger partial charge in [0.1, 0.15) is 6.29 Å². The Kier molecular flexibility index (Phi) is 2.75. The van der Waals surface area contributed by atoms with Crippen LogP contribution in [0.4, 0.5) is 0 Å². The van der Waals surface area contributed by atoms with Crippen LogP contribution >= 0.6 is 0 Å². The van der Waals surface area contributed by atoms with Gasteiger partial charge in [-0.25, -0.2) is 0 Å². The second-order valence-corrected chi connectivity index (χ2v) is 2.56. The first kappa shape index (κ1) is 8.65. The SMILES string of the molecule is CC=C(C)c1cc(C=O)ccn1. The monoisotopic (exact) mass is 161 g/mol. The van der Waals surface area contributed by atoms with Crippen molar-refractivity contribution in [1.29, 1.82) is 0 Å². The summed E-state index contributed by atoms with van der Waals surface area (Å²) >= 11 is 0. The molecule has 0 radical (unpaired) electrons. The summed E-state index contributed by atoms with van der Waals surface area (Å²) in [5, 5.41) is 0. The third-order valence-corrected chi connectivity index (χ3v) is 1.76. The highest BCUT2D eigenvalue weighted by Crippen LogP contribution is 2.10. The lowest BCUT2D eigenvalue weighted by atomic mass is 10.1. The second-order valence-electron chi connectivity index (χ2n) is 2.56. The lowest BCUT2D eigenvalue weighted by Crippen LogP contribution is -1.88. The number of hydrogen-bond acceptors (Lipinski definition) is 2. The number of carbonyl (C=O) groups excluding carboxylic acids is 1. The maximum atomic E-state index is 10.4. The summed E-state index contributed by atoms with van der Waals surface area (Å²) in [6.45, 7) is 3.92.